The molecule has 20 heavy (non-hydrogen) atoms. The molecule has 0 fully saturated rings. The third-order valence-corrected chi connectivity index (χ3v) is 3.42. The van der Waals surface area contributed by atoms with E-state index in [0.29, 0.717) is 12.3 Å². The Kier molecular flexibility index (Phi) is 7.62. The molecule has 0 aliphatic carbocycles. The van der Waals surface area contributed by atoms with E-state index in [4.69, 9.17) is 4.74 Å². The molecular formula is C15H23BrN2O2. The van der Waals surface area contributed by atoms with E-state index < -0.39 is 6.10 Å². The van der Waals surface area contributed by atoms with E-state index in [1.165, 1.54) is 5.56 Å². The number of hydrogen-bond acceptors (Lipinski definition) is 3. The Labute approximate surface area is 129 Å². The van der Waals surface area contributed by atoms with E-state index in [0.717, 1.165) is 24.0 Å². The summed E-state index contributed by atoms with van der Waals surface area (Å²) in [6, 6.07) is 5.90. The van der Waals surface area contributed by atoms with E-state index in [2.05, 4.69) is 33.5 Å². The van der Waals surface area contributed by atoms with Crippen LogP contribution in [0.4, 0.5) is 0 Å². The summed E-state index contributed by atoms with van der Waals surface area (Å²) in [5.41, 5.74) is 1.18. The van der Waals surface area contributed by atoms with Gasteiger partial charge in [0, 0.05) is 13.1 Å². The molecule has 0 saturated carbocycles. The van der Waals surface area contributed by atoms with Crippen LogP contribution in [0.15, 0.2) is 22.7 Å². The molecular weight excluding hydrogens is 320 g/mol. The van der Waals surface area contributed by atoms with Gasteiger partial charge in [-0.2, -0.15) is 0 Å². The number of hydrogen-bond donors (Lipinski definition) is 2. The summed E-state index contributed by atoms with van der Waals surface area (Å²) in [6.07, 6.45) is 0.416. The Bertz CT molecular complexity index is 438. The maximum Gasteiger partial charge on any atom is 0.260 e. The first kappa shape index (κ1) is 17.0. The number of carbonyl (C=O) groups excluding carboxylic acids is 1. The smallest absolute Gasteiger partial charge is 0.260 e. The first-order valence-corrected chi connectivity index (χ1v) is 7.81. The zero-order chi connectivity index (χ0) is 15.0. The van der Waals surface area contributed by atoms with E-state index in [-0.39, 0.29) is 5.91 Å². The fourth-order valence-corrected chi connectivity index (χ4v) is 2.17. The average molecular weight is 343 g/mol. The maximum atomic E-state index is 11.8. The first-order chi connectivity index (χ1) is 9.58. The second-order valence-electron chi connectivity index (χ2n) is 4.60. The van der Waals surface area contributed by atoms with Crippen molar-refractivity contribution >= 4 is 21.8 Å². The topological polar surface area (TPSA) is 50.4 Å². The molecule has 1 atom stereocenters. The Hall–Kier alpha value is -1.07. The molecule has 5 heteroatoms. The molecule has 0 aliphatic heterocycles. The van der Waals surface area contributed by atoms with Crippen LogP contribution in [0.3, 0.4) is 0 Å². The Morgan fingerprint density at radius 1 is 1.40 bits per heavy atom. The molecule has 0 aromatic heterocycles. The van der Waals surface area contributed by atoms with Gasteiger partial charge in [0.1, 0.15) is 5.75 Å². The van der Waals surface area contributed by atoms with Gasteiger partial charge in [-0.3, -0.25) is 4.79 Å². The number of benzene rings is 1. The van der Waals surface area contributed by atoms with Gasteiger partial charge >= 0.3 is 0 Å². The van der Waals surface area contributed by atoms with Crippen molar-refractivity contribution in [2.45, 2.75) is 39.8 Å². The standard InChI is InChI=1S/C15H23BrN2O2/c1-4-8-18-15(19)11(3)20-14-7-6-12(9-13(14)16)10-17-5-2/h6-7,9,11,17H,4-5,8,10H2,1-3H3,(H,18,19). The summed E-state index contributed by atoms with van der Waals surface area (Å²) in [6.45, 7) is 8.28. The molecule has 0 aliphatic rings. The number of carbonyl (C=O) groups is 1. The molecule has 1 amide bonds. The lowest BCUT2D eigenvalue weighted by molar-refractivity contribution is -0.127. The highest BCUT2D eigenvalue weighted by atomic mass is 79.9. The van der Waals surface area contributed by atoms with E-state index in [1.54, 1.807) is 6.92 Å². The van der Waals surface area contributed by atoms with Crippen LogP contribution in [0.25, 0.3) is 0 Å². The van der Waals surface area contributed by atoms with Crippen molar-refractivity contribution in [3.63, 3.8) is 0 Å². The van der Waals surface area contributed by atoms with Crippen LogP contribution in [-0.2, 0) is 11.3 Å². The van der Waals surface area contributed by atoms with E-state index in [9.17, 15) is 4.79 Å². The van der Waals surface area contributed by atoms with Gasteiger partial charge in [-0.15, -0.1) is 0 Å². The van der Waals surface area contributed by atoms with Crippen LogP contribution >= 0.6 is 15.9 Å². The van der Waals surface area contributed by atoms with Gasteiger partial charge in [-0.05, 0) is 53.5 Å². The third-order valence-electron chi connectivity index (χ3n) is 2.80. The summed E-state index contributed by atoms with van der Waals surface area (Å²) in [5, 5.41) is 6.09. The SMILES string of the molecule is CCCNC(=O)C(C)Oc1ccc(CNCC)cc1Br. The van der Waals surface area contributed by atoms with Gasteiger partial charge in [0.25, 0.3) is 5.91 Å². The van der Waals surface area contributed by atoms with Gasteiger partial charge in [-0.25, -0.2) is 0 Å². The molecule has 0 spiro atoms. The zero-order valence-corrected chi connectivity index (χ0v) is 13.9. The van der Waals surface area contributed by atoms with Crippen molar-refractivity contribution in [3.05, 3.63) is 28.2 Å². The molecule has 112 valence electrons. The van der Waals surface area contributed by atoms with Gasteiger partial charge in [0.05, 0.1) is 4.47 Å². The van der Waals surface area contributed by atoms with Crippen LogP contribution in [-0.4, -0.2) is 25.1 Å². The second kappa shape index (κ2) is 8.97. The Balaban J connectivity index is 2.61. The molecule has 4 nitrogen and oxygen atoms in total. The molecule has 1 unspecified atom stereocenters. The van der Waals surface area contributed by atoms with Gasteiger partial charge in [-0.1, -0.05) is 19.9 Å². The Morgan fingerprint density at radius 3 is 2.75 bits per heavy atom. The van der Waals surface area contributed by atoms with Crippen molar-refractivity contribution in [3.8, 4) is 5.75 Å². The van der Waals surface area contributed by atoms with Crippen LogP contribution in [0.1, 0.15) is 32.8 Å². The number of nitrogens with one attached hydrogen (secondary N) is 2. The van der Waals surface area contributed by atoms with Crippen molar-refractivity contribution in [2.24, 2.45) is 0 Å². The molecule has 1 rings (SSSR count). The molecule has 1 aromatic rings. The summed E-state index contributed by atoms with van der Waals surface area (Å²) in [7, 11) is 0. The highest BCUT2D eigenvalue weighted by molar-refractivity contribution is 9.10. The largest absolute Gasteiger partial charge is 0.480 e. The van der Waals surface area contributed by atoms with Crippen LogP contribution in [0.5, 0.6) is 5.75 Å². The predicted octanol–water partition coefficient (Wildman–Crippen LogP) is 2.85. The average Bonchev–Trinajstić information content (AvgIpc) is 2.44. The molecule has 0 heterocycles. The summed E-state index contributed by atoms with van der Waals surface area (Å²) >= 11 is 3.48. The van der Waals surface area contributed by atoms with Gasteiger partial charge in [0.2, 0.25) is 0 Å². The zero-order valence-electron chi connectivity index (χ0n) is 12.3. The highest BCUT2D eigenvalue weighted by Crippen LogP contribution is 2.27. The second-order valence-corrected chi connectivity index (χ2v) is 5.45. The van der Waals surface area contributed by atoms with E-state index in [1.807, 2.05) is 25.1 Å². The van der Waals surface area contributed by atoms with Crippen molar-refractivity contribution < 1.29 is 9.53 Å². The summed E-state index contributed by atoms with van der Waals surface area (Å²) < 4.78 is 6.55. The van der Waals surface area contributed by atoms with Gasteiger partial charge < -0.3 is 15.4 Å². The van der Waals surface area contributed by atoms with Crippen LogP contribution < -0.4 is 15.4 Å². The lowest BCUT2D eigenvalue weighted by atomic mass is 10.2. The number of amides is 1. The molecule has 1 aromatic carbocycles. The van der Waals surface area contributed by atoms with Crippen LogP contribution in [0, 0.1) is 0 Å². The molecule has 2 N–H and O–H groups in total. The molecule has 0 saturated heterocycles. The minimum atomic E-state index is -0.502. The normalized spacial score (nSPS) is 12.0. The maximum absolute atomic E-state index is 11.8. The van der Waals surface area contributed by atoms with Crippen LogP contribution in [0.2, 0.25) is 0 Å². The monoisotopic (exact) mass is 342 g/mol. The van der Waals surface area contributed by atoms with Crippen molar-refractivity contribution in [1.82, 2.24) is 10.6 Å². The number of ether oxygens (including phenoxy) is 1. The third kappa shape index (κ3) is 5.51. The fourth-order valence-electron chi connectivity index (χ4n) is 1.66. The molecule has 0 bridgehead atoms. The number of rotatable bonds is 8. The summed E-state index contributed by atoms with van der Waals surface area (Å²) in [5.74, 6) is 0.597. The number of halogens is 1. The lowest BCUT2D eigenvalue weighted by Crippen LogP contribution is -2.36. The van der Waals surface area contributed by atoms with Gasteiger partial charge in [0.15, 0.2) is 6.10 Å². The minimum absolute atomic E-state index is 0.0875. The van der Waals surface area contributed by atoms with E-state index >= 15 is 0 Å². The lowest BCUT2D eigenvalue weighted by Gasteiger charge is -2.16. The minimum Gasteiger partial charge on any atom is -0.480 e. The van der Waals surface area contributed by atoms with Crippen molar-refractivity contribution in [1.29, 1.82) is 0 Å². The Morgan fingerprint density at radius 2 is 2.15 bits per heavy atom. The predicted molar refractivity (Wildman–Crippen MR) is 84.9 cm³/mol. The fraction of sp³-hybridized carbons (Fsp3) is 0.533. The summed E-state index contributed by atoms with van der Waals surface area (Å²) in [4.78, 5) is 11.8. The highest BCUT2D eigenvalue weighted by Gasteiger charge is 2.15. The van der Waals surface area contributed by atoms with Crippen molar-refractivity contribution in [2.75, 3.05) is 13.1 Å². The first-order valence-electron chi connectivity index (χ1n) is 7.02. The quantitative estimate of drug-likeness (QED) is 0.763. The molecule has 0 radical (unpaired) electrons.